The van der Waals surface area contributed by atoms with Crippen LogP contribution in [0.25, 0.3) is 0 Å². The summed E-state index contributed by atoms with van der Waals surface area (Å²) in [7, 11) is -2.33. The van der Waals surface area contributed by atoms with E-state index >= 15 is 0 Å². The van der Waals surface area contributed by atoms with Crippen molar-refractivity contribution < 1.29 is 17.5 Å². The van der Waals surface area contributed by atoms with E-state index in [1.807, 2.05) is 0 Å². The molecule has 2 rings (SSSR count). The second kappa shape index (κ2) is 6.55. The van der Waals surface area contributed by atoms with Crippen molar-refractivity contribution in [1.29, 1.82) is 0 Å². The molecule has 0 spiro atoms. The normalized spacial score (nSPS) is 11.4. The van der Waals surface area contributed by atoms with E-state index in [0.717, 1.165) is 0 Å². The highest BCUT2D eigenvalue weighted by atomic mass is 79.9. The summed E-state index contributed by atoms with van der Waals surface area (Å²) >= 11 is 3.23. The van der Waals surface area contributed by atoms with Crippen molar-refractivity contribution in [2.24, 2.45) is 0 Å². The van der Waals surface area contributed by atoms with Gasteiger partial charge in [0, 0.05) is 11.0 Å². The van der Waals surface area contributed by atoms with Crippen LogP contribution >= 0.6 is 15.9 Å². The van der Waals surface area contributed by atoms with Crippen LogP contribution in [0.4, 0.5) is 4.39 Å². The van der Waals surface area contributed by atoms with Gasteiger partial charge in [-0.25, -0.2) is 17.5 Å². The fourth-order valence-electron chi connectivity index (χ4n) is 1.72. The van der Waals surface area contributed by atoms with Gasteiger partial charge in [0.2, 0.25) is 10.0 Å². The Morgan fingerprint density at radius 2 is 1.86 bits per heavy atom. The van der Waals surface area contributed by atoms with Crippen LogP contribution in [-0.2, 0) is 16.6 Å². The standard InChI is InChI=1S/C14H13BrFNO3S/c1-20-13-7-4-11(15)8-14(13)21(18,19)17-9-10-2-5-12(16)6-3-10/h2-8,17H,9H2,1H3. The number of rotatable bonds is 5. The van der Waals surface area contributed by atoms with Crippen LogP contribution in [0, 0.1) is 5.82 Å². The van der Waals surface area contributed by atoms with Crippen molar-refractivity contribution in [1.82, 2.24) is 4.72 Å². The van der Waals surface area contributed by atoms with Crippen LogP contribution < -0.4 is 9.46 Å². The van der Waals surface area contributed by atoms with E-state index in [4.69, 9.17) is 4.74 Å². The molecule has 7 heteroatoms. The SMILES string of the molecule is COc1ccc(Br)cc1S(=O)(=O)NCc1ccc(F)cc1. The van der Waals surface area contributed by atoms with Crippen molar-refractivity contribution >= 4 is 26.0 Å². The van der Waals surface area contributed by atoms with Crippen LogP contribution in [0.1, 0.15) is 5.56 Å². The zero-order chi connectivity index (χ0) is 15.5. The van der Waals surface area contributed by atoms with Crippen molar-refractivity contribution in [3.8, 4) is 5.75 Å². The Kier molecular flexibility index (Phi) is 4.97. The predicted molar refractivity (Wildman–Crippen MR) is 81.1 cm³/mol. The first-order valence-electron chi connectivity index (χ1n) is 6.00. The van der Waals surface area contributed by atoms with Crippen LogP contribution in [0.5, 0.6) is 5.75 Å². The molecule has 0 aliphatic carbocycles. The molecule has 0 saturated carbocycles. The van der Waals surface area contributed by atoms with Crippen molar-refractivity contribution in [2.45, 2.75) is 11.4 Å². The minimum absolute atomic E-state index is 0.0430. The first-order chi connectivity index (χ1) is 9.92. The third kappa shape index (κ3) is 4.03. The van der Waals surface area contributed by atoms with Gasteiger partial charge < -0.3 is 4.74 Å². The highest BCUT2D eigenvalue weighted by Crippen LogP contribution is 2.27. The van der Waals surface area contributed by atoms with E-state index < -0.39 is 10.0 Å². The number of ether oxygens (including phenoxy) is 1. The summed E-state index contributed by atoms with van der Waals surface area (Å²) in [4.78, 5) is 0.0430. The molecule has 0 atom stereocenters. The van der Waals surface area contributed by atoms with Crippen LogP contribution in [0.15, 0.2) is 51.8 Å². The maximum Gasteiger partial charge on any atom is 0.244 e. The Balaban J connectivity index is 2.22. The first-order valence-corrected chi connectivity index (χ1v) is 8.27. The molecule has 0 aromatic heterocycles. The van der Waals surface area contributed by atoms with Gasteiger partial charge in [-0.15, -0.1) is 0 Å². The summed E-state index contributed by atoms with van der Waals surface area (Å²) in [6, 6.07) is 10.3. The fourth-order valence-corrected chi connectivity index (χ4v) is 3.44. The molecule has 1 N–H and O–H groups in total. The van der Waals surface area contributed by atoms with Gasteiger partial charge in [0.1, 0.15) is 16.5 Å². The molecule has 0 bridgehead atoms. The molecule has 0 heterocycles. The molecule has 112 valence electrons. The molecule has 0 unspecified atom stereocenters. The highest BCUT2D eigenvalue weighted by molar-refractivity contribution is 9.10. The van der Waals surface area contributed by atoms with E-state index in [1.54, 1.807) is 12.1 Å². The highest BCUT2D eigenvalue weighted by Gasteiger charge is 2.19. The molecule has 2 aromatic carbocycles. The lowest BCUT2D eigenvalue weighted by Gasteiger charge is -2.11. The third-order valence-electron chi connectivity index (χ3n) is 2.79. The molecule has 0 aliphatic heterocycles. The number of halogens is 2. The lowest BCUT2D eigenvalue weighted by molar-refractivity contribution is 0.402. The molecular formula is C14H13BrFNO3S. The molecule has 0 aliphatic rings. The monoisotopic (exact) mass is 373 g/mol. The minimum atomic E-state index is -3.73. The predicted octanol–water partition coefficient (Wildman–Crippen LogP) is 3.08. The van der Waals surface area contributed by atoms with Gasteiger partial charge >= 0.3 is 0 Å². The van der Waals surface area contributed by atoms with E-state index in [-0.39, 0.29) is 23.0 Å². The molecular weight excluding hydrogens is 361 g/mol. The number of methoxy groups -OCH3 is 1. The number of benzene rings is 2. The molecule has 4 nitrogen and oxygen atoms in total. The maximum absolute atomic E-state index is 12.8. The summed E-state index contributed by atoms with van der Waals surface area (Å²) in [5, 5.41) is 0. The first kappa shape index (κ1) is 15.9. The van der Waals surface area contributed by atoms with E-state index in [1.165, 1.54) is 37.4 Å². The molecule has 21 heavy (non-hydrogen) atoms. The molecule has 2 aromatic rings. The van der Waals surface area contributed by atoms with Gasteiger partial charge in [0.25, 0.3) is 0 Å². The van der Waals surface area contributed by atoms with Gasteiger partial charge in [-0.3, -0.25) is 0 Å². The van der Waals surface area contributed by atoms with Gasteiger partial charge in [0.05, 0.1) is 7.11 Å². The smallest absolute Gasteiger partial charge is 0.244 e. The summed E-state index contributed by atoms with van der Waals surface area (Å²) in [6.45, 7) is 0.0677. The van der Waals surface area contributed by atoms with Gasteiger partial charge in [-0.2, -0.15) is 0 Å². The number of sulfonamides is 1. The molecule has 0 radical (unpaired) electrons. The molecule has 0 amide bonds. The van der Waals surface area contributed by atoms with Crippen molar-refractivity contribution in [2.75, 3.05) is 7.11 Å². The average molecular weight is 374 g/mol. The topological polar surface area (TPSA) is 55.4 Å². The quantitative estimate of drug-likeness (QED) is 0.875. The fraction of sp³-hybridized carbons (Fsp3) is 0.143. The summed E-state index contributed by atoms with van der Waals surface area (Å²) in [5.74, 6) is -0.111. The van der Waals surface area contributed by atoms with Crippen molar-refractivity contribution in [3.63, 3.8) is 0 Å². The molecule has 0 fully saturated rings. The number of hydrogen-bond donors (Lipinski definition) is 1. The Labute approximate surface area is 131 Å². The number of hydrogen-bond acceptors (Lipinski definition) is 3. The summed E-state index contributed by atoms with van der Waals surface area (Å²) in [6.07, 6.45) is 0. The third-order valence-corrected chi connectivity index (χ3v) is 4.71. The van der Waals surface area contributed by atoms with Crippen molar-refractivity contribution in [3.05, 3.63) is 58.3 Å². The Hall–Kier alpha value is -1.44. The zero-order valence-electron chi connectivity index (χ0n) is 11.1. The maximum atomic E-state index is 12.8. The summed E-state index contributed by atoms with van der Waals surface area (Å²) in [5.41, 5.74) is 0.661. The van der Waals surface area contributed by atoms with E-state index in [0.29, 0.717) is 10.0 Å². The average Bonchev–Trinajstić information content (AvgIpc) is 2.47. The van der Waals surface area contributed by atoms with E-state index in [2.05, 4.69) is 20.7 Å². The van der Waals surface area contributed by atoms with Crippen LogP contribution in [0.3, 0.4) is 0 Å². The van der Waals surface area contributed by atoms with Gasteiger partial charge in [0.15, 0.2) is 0 Å². The lowest BCUT2D eigenvalue weighted by Crippen LogP contribution is -2.23. The van der Waals surface area contributed by atoms with Crippen LogP contribution in [-0.4, -0.2) is 15.5 Å². The second-order valence-electron chi connectivity index (χ2n) is 4.25. The lowest BCUT2D eigenvalue weighted by atomic mass is 10.2. The van der Waals surface area contributed by atoms with Gasteiger partial charge in [-0.05, 0) is 35.9 Å². The zero-order valence-corrected chi connectivity index (χ0v) is 13.5. The Bertz CT molecular complexity index is 732. The molecule has 0 saturated heterocycles. The summed E-state index contributed by atoms with van der Waals surface area (Å²) < 4.78 is 45.6. The second-order valence-corrected chi connectivity index (χ2v) is 6.90. The Morgan fingerprint density at radius 3 is 2.48 bits per heavy atom. The van der Waals surface area contributed by atoms with E-state index in [9.17, 15) is 12.8 Å². The van der Waals surface area contributed by atoms with Gasteiger partial charge in [-0.1, -0.05) is 28.1 Å². The largest absolute Gasteiger partial charge is 0.495 e. The Morgan fingerprint density at radius 1 is 1.19 bits per heavy atom. The number of nitrogens with one attached hydrogen (secondary N) is 1. The van der Waals surface area contributed by atoms with Crippen LogP contribution in [0.2, 0.25) is 0 Å². The minimum Gasteiger partial charge on any atom is -0.495 e.